The molecule has 5 nitrogen and oxygen atoms in total. The van der Waals surface area contributed by atoms with Gasteiger partial charge in [-0.2, -0.15) is 5.10 Å². The molecule has 32 heavy (non-hydrogen) atoms. The molecule has 1 amide bonds. The van der Waals surface area contributed by atoms with Crippen LogP contribution in [0.4, 0.5) is 0 Å². The zero-order valence-electron chi connectivity index (χ0n) is 19.6. The van der Waals surface area contributed by atoms with Crippen molar-refractivity contribution in [1.82, 2.24) is 5.01 Å². The molecule has 0 radical (unpaired) electrons. The second kappa shape index (κ2) is 9.84. The van der Waals surface area contributed by atoms with Crippen LogP contribution in [0.25, 0.3) is 0 Å². The molecule has 0 unspecified atom stereocenters. The molecule has 2 atom stereocenters. The van der Waals surface area contributed by atoms with E-state index in [1.165, 1.54) is 44.9 Å². The molecular weight excluding hydrogens is 400 g/mol. The molecular formula is C27H38N2O3. The molecule has 1 aromatic carbocycles. The molecule has 5 rings (SSSR count). The van der Waals surface area contributed by atoms with Gasteiger partial charge < -0.3 is 9.47 Å². The SMILES string of the molecule is COc1ccc(C2=NN(C3CCCCCC3)C(=O)[C@H]3CCCC[C@@H]23)cc1OC1CCCC1. The van der Waals surface area contributed by atoms with E-state index < -0.39 is 0 Å². The van der Waals surface area contributed by atoms with E-state index in [-0.39, 0.29) is 29.9 Å². The molecule has 4 aliphatic rings. The fourth-order valence-corrected chi connectivity index (χ4v) is 6.31. The highest BCUT2D eigenvalue weighted by atomic mass is 16.5. The summed E-state index contributed by atoms with van der Waals surface area (Å²) in [6.45, 7) is 0. The zero-order chi connectivity index (χ0) is 21.9. The van der Waals surface area contributed by atoms with E-state index in [0.717, 1.165) is 67.7 Å². The molecule has 1 aromatic rings. The zero-order valence-corrected chi connectivity index (χ0v) is 19.6. The highest BCUT2D eigenvalue weighted by Crippen LogP contribution is 2.41. The Labute approximate surface area is 192 Å². The van der Waals surface area contributed by atoms with Gasteiger partial charge in [0.05, 0.1) is 25.0 Å². The van der Waals surface area contributed by atoms with Crippen molar-refractivity contribution >= 4 is 11.6 Å². The van der Waals surface area contributed by atoms with Crippen LogP contribution in [0.3, 0.4) is 0 Å². The van der Waals surface area contributed by atoms with Crippen LogP contribution in [-0.4, -0.2) is 35.9 Å². The number of hydrazone groups is 1. The van der Waals surface area contributed by atoms with Crippen molar-refractivity contribution in [2.24, 2.45) is 16.9 Å². The van der Waals surface area contributed by atoms with Crippen molar-refractivity contribution in [3.63, 3.8) is 0 Å². The lowest BCUT2D eigenvalue weighted by Crippen LogP contribution is -2.49. The first-order valence-electron chi connectivity index (χ1n) is 13.0. The molecule has 5 heteroatoms. The normalized spacial score (nSPS) is 27.6. The highest BCUT2D eigenvalue weighted by Gasteiger charge is 2.43. The van der Waals surface area contributed by atoms with Crippen LogP contribution < -0.4 is 9.47 Å². The maximum Gasteiger partial charge on any atom is 0.246 e. The third-order valence-corrected chi connectivity index (χ3v) is 8.10. The quantitative estimate of drug-likeness (QED) is 0.523. The molecule has 0 saturated heterocycles. The van der Waals surface area contributed by atoms with Gasteiger partial charge in [0.15, 0.2) is 11.5 Å². The molecule has 0 N–H and O–H groups in total. The number of carbonyl (C=O) groups is 1. The smallest absolute Gasteiger partial charge is 0.246 e. The number of nitrogens with zero attached hydrogens (tertiary/aromatic N) is 2. The van der Waals surface area contributed by atoms with E-state index in [1.54, 1.807) is 7.11 Å². The second-order valence-electron chi connectivity index (χ2n) is 10.2. The van der Waals surface area contributed by atoms with E-state index in [1.807, 2.05) is 11.1 Å². The summed E-state index contributed by atoms with van der Waals surface area (Å²) in [7, 11) is 1.71. The Morgan fingerprint density at radius 1 is 0.812 bits per heavy atom. The molecule has 1 aliphatic heterocycles. The number of fused-ring (bicyclic) bond motifs is 1. The lowest BCUT2D eigenvalue weighted by atomic mass is 9.73. The summed E-state index contributed by atoms with van der Waals surface area (Å²) >= 11 is 0. The van der Waals surface area contributed by atoms with Crippen LogP contribution in [0.1, 0.15) is 95.5 Å². The average molecular weight is 439 g/mol. The molecule has 0 spiro atoms. The summed E-state index contributed by atoms with van der Waals surface area (Å²) < 4.78 is 12.0. The van der Waals surface area contributed by atoms with Crippen LogP contribution in [0, 0.1) is 11.8 Å². The first-order chi connectivity index (χ1) is 15.7. The minimum absolute atomic E-state index is 0.0841. The van der Waals surface area contributed by atoms with Gasteiger partial charge >= 0.3 is 0 Å². The monoisotopic (exact) mass is 438 g/mol. The predicted molar refractivity (Wildman–Crippen MR) is 126 cm³/mol. The number of hydrogen-bond donors (Lipinski definition) is 0. The van der Waals surface area contributed by atoms with Crippen LogP contribution >= 0.6 is 0 Å². The Morgan fingerprint density at radius 3 is 2.19 bits per heavy atom. The number of carbonyl (C=O) groups excluding carboxylic acids is 1. The van der Waals surface area contributed by atoms with Crippen LogP contribution in [0.15, 0.2) is 23.3 Å². The fraction of sp³-hybridized carbons (Fsp3) is 0.704. The summed E-state index contributed by atoms with van der Waals surface area (Å²) in [5, 5.41) is 7.03. The van der Waals surface area contributed by atoms with Crippen LogP contribution in [-0.2, 0) is 4.79 Å². The van der Waals surface area contributed by atoms with E-state index >= 15 is 0 Å². The fourth-order valence-electron chi connectivity index (χ4n) is 6.31. The third kappa shape index (κ3) is 4.40. The van der Waals surface area contributed by atoms with Gasteiger partial charge in [-0.05, 0) is 69.6 Å². The molecule has 174 valence electrons. The maximum absolute atomic E-state index is 13.5. The van der Waals surface area contributed by atoms with E-state index in [2.05, 4.69) is 12.1 Å². The number of benzene rings is 1. The first-order valence-corrected chi connectivity index (χ1v) is 13.0. The Kier molecular flexibility index (Phi) is 6.70. The molecule has 0 bridgehead atoms. The van der Waals surface area contributed by atoms with Crippen molar-refractivity contribution in [1.29, 1.82) is 0 Å². The topological polar surface area (TPSA) is 51.1 Å². The van der Waals surface area contributed by atoms with Gasteiger partial charge in [0.25, 0.3) is 0 Å². The molecule has 0 aromatic heterocycles. The standard InChI is InChI=1S/C27H38N2O3/c1-31-24-17-16-19(18-25(24)32-21-12-6-7-13-21)26-22-14-8-9-15-23(22)27(30)29(28-26)20-10-4-2-3-5-11-20/h16-18,20-23H,2-15H2,1H3/t22-,23+/m1/s1. The summed E-state index contributed by atoms with van der Waals surface area (Å²) in [6, 6.07) is 6.52. The van der Waals surface area contributed by atoms with Gasteiger partial charge in [-0.1, -0.05) is 38.5 Å². The van der Waals surface area contributed by atoms with Gasteiger partial charge in [-0.25, -0.2) is 5.01 Å². The Hall–Kier alpha value is -2.04. The lowest BCUT2D eigenvalue weighted by molar-refractivity contribution is -0.141. The number of rotatable bonds is 5. The summed E-state index contributed by atoms with van der Waals surface area (Å²) in [5.41, 5.74) is 2.19. The minimum Gasteiger partial charge on any atom is -0.493 e. The van der Waals surface area contributed by atoms with E-state index in [4.69, 9.17) is 14.6 Å². The van der Waals surface area contributed by atoms with Crippen molar-refractivity contribution < 1.29 is 14.3 Å². The first kappa shape index (κ1) is 21.8. The van der Waals surface area contributed by atoms with Crippen molar-refractivity contribution in [3.8, 4) is 11.5 Å². The number of amides is 1. The average Bonchev–Trinajstić information content (AvgIpc) is 3.19. The number of methoxy groups -OCH3 is 1. The minimum atomic E-state index is 0.0841. The van der Waals surface area contributed by atoms with Gasteiger partial charge in [0, 0.05) is 17.4 Å². The molecule has 3 fully saturated rings. The van der Waals surface area contributed by atoms with Crippen molar-refractivity contribution in [2.75, 3.05) is 7.11 Å². The number of ether oxygens (including phenoxy) is 2. The molecule has 1 heterocycles. The predicted octanol–water partition coefficient (Wildman–Crippen LogP) is 6.09. The second-order valence-corrected chi connectivity index (χ2v) is 10.2. The van der Waals surface area contributed by atoms with Crippen LogP contribution in [0.2, 0.25) is 0 Å². The lowest BCUT2D eigenvalue weighted by Gasteiger charge is -2.41. The third-order valence-electron chi connectivity index (χ3n) is 8.10. The number of hydrogen-bond acceptors (Lipinski definition) is 4. The van der Waals surface area contributed by atoms with Crippen molar-refractivity contribution in [2.45, 2.75) is 102 Å². The molecule has 3 saturated carbocycles. The Morgan fingerprint density at radius 2 is 1.47 bits per heavy atom. The van der Waals surface area contributed by atoms with E-state index in [9.17, 15) is 4.79 Å². The molecule has 3 aliphatic carbocycles. The van der Waals surface area contributed by atoms with E-state index in [0.29, 0.717) is 0 Å². The van der Waals surface area contributed by atoms with Gasteiger partial charge in [0.1, 0.15) is 0 Å². The summed E-state index contributed by atoms with van der Waals surface area (Å²) in [6.07, 6.45) is 16.5. The van der Waals surface area contributed by atoms with Crippen LogP contribution in [0.5, 0.6) is 11.5 Å². The van der Waals surface area contributed by atoms with Gasteiger partial charge in [-0.3, -0.25) is 4.79 Å². The summed E-state index contributed by atoms with van der Waals surface area (Å²) in [4.78, 5) is 13.5. The largest absolute Gasteiger partial charge is 0.493 e. The van der Waals surface area contributed by atoms with Gasteiger partial charge in [-0.15, -0.1) is 0 Å². The maximum atomic E-state index is 13.5. The highest BCUT2D eigenvalue weighted by molar-refractivity contribution is 6.07. The van der Waals surface area contributed by atoms with Crippen molar-refractivity contribution in [3.05, 3.63) is 23.8 Å². The summed E-state index contributed by atoms with van der Waals surface area (Å²) in [5.74, 6) is 2.20. The van der Waals surface area contributed by atoms with Gasteiger partial charge in [0.2, 0.25) is 5.91 Å². The Balaban J connectivity index is 1.50. The Bertz CT molecular complexity index is 837.